The molecule has 0 aromatic heterocycles. The Morgan fingerprint density at radius 2 is 1.82 bits per heavy atom. The molecule has 0 fully saturated rings. The lowest BCUT2D eigenvalue weighted by molar-refractivity contribution is -0.682. The van der Waals surface area contributed by atoms with E-state index in [1.807, 2.05) is 36.5 Å². The highest BCUT2D eigenvalue weighted by atomic mass is 35.5. The number of benzene rings is 2. The summed E-state index contributed by atoms with van der Waals surface area (Å²) in [5, 5.41) is 5.33. The Hall–Kier alpha value is -1.93. The predicted octanol–water partition coefficient (Wildman–Crippen LogP) is 2.63. The Bertz CT molecular complexity index is 914. The van der Waals surface area contributed by atoms with Gasteiger partial charge in [0.05, 0.1) is 4.90 Å². The molecule has 0 heterocycles. The number of carbonyl (C=O) groups excluding carboxylic acids is 1. The summed E-state index contributed by atoms with van der Waals surface area (Å²) < 4.78 is 26.6. The van der Waals surface area contributed by atoms with Gasteiger partial charge in [0, 0.05) is 29.4 Å². The molecule has 0 spiro atoms. The van der Waals surface area contributed by atoms with Crippen molar-refractivity contribution in [1.29, 1.82) is 0 Å². The predicted molar refractivity (Wildman–Crippen MR) is 112 cm³/mol. The number of anilines is 1. The standard InChI is InChI=1S/C20H26ClN3O3S/c1-4-24(5-2)28(26,27)19-11-7-10-18(13-19)23-20(25)14-22-15(3)16-8-6-9-17(21)12-16/h6-13,15,22H,4-5,14H2,1-3H3,(H,23,25)/p+1/t15-/m0/s1. The maximum absolute atomic E-state index is 12.6. The van der Waals surface area contributed by atoms with Crippen molar-refractivity contribution in [1.82, 2.24) is 4.31 Å². The smallest absolute Gasteiger partial charge is 0.279 e. The minimum absolute atomic E-state index is 0.0684. The van der Waals surface area contributed by atoms with Crippen LogP contribution in [0.2, 0.25) is 5.02 Å². The monoisotopic (exact) mass is 424 g/mol. The lowest BCUT2D eigenvalue weighted by Gasteiger charge is -2.19. The van der Waals surface area contributed by atoms with Gasteiger partial charge in [-0.15, -0.1) is 0 Å². The van der Waals surface area contributed by atoms with Crippen molar-refractivity contribution in [3.63, 3.8) is 0 Å². The van der Waals surface area contributed by atoms with Crippen LogP contribution in [0.4, 0.5) is 5.69 Å². The molecule has 8 heteroatoms. The first-order valence-corrected chi connectivity index (χ1v) is 11.1. The quantitative estimate of drug-likeness (QED) is 0.649. The number of hydrogen-bond donors (Lipinski definition) is 2. The van der Waals surface area contributed by atoms with Crippen LogP contribution in [-0.2, 0) is 14.8 Å². The van der Waals surface area contributed by atoms with Gasteiger partial charge in [0.1, 0.15) is 6.04 Å². The zero-order valence-corrected chi connectivity index (χ0v) is 17.9. The van der Waals surface area contributed by atoms with E-state index in [2.05, 4.69) is 5.32 Å². The number of halogens is 1. The topological polar surface area (TPSA) is 83.1 Å². The highest BCUT2D eigenvalue weighted by Crippen LogP contribution is 2.19. The summed E-state index contributed by atoms with van der Waals surface area (Å²) in [6, 6.07) is 13.9. The molecule has 2 rings (SSSR count). The highest BCUT2D eigenvalue weighted by Gasteiger charge is 2.22. The third-order valence-electron chi connectivity index (χ3n) is 4.49. The molecule has 0 radical (unpaired) electrons. The molecule has 0 saturated heterocycles. The third-order valence-corrected chi connectivity index (χ3v) is 6.77. The number of sulfonamides is 1. The Morgan fingerprint density at radius 1 is 1.14 bits per heavy atom. The second-order valence-corrected chi connectivity index (χ2v) is 8.82. The molecule has 1 atom stereocenters. The molecule has 0 aliphatic heterocycles. The van der Waals surface area contributed by atoms with Gasteiger partial charge < -0.3 is 10.6 Å². The number of carbonyl (C=O) groups is 1. The minimum Gasteiger partial charge on any atom is -0.333 e. The lowest BCUT2D eigenvalue weighted by atomic mass is 10.1. The zero-order valence-electron chi connectivity index (χ0n) is 16.4. The number of nitrogens with zero attached hydrogens (tertiary/aromatic N) is 1. The van der Waals surface area contributed by atoms with E-state index in [9.17, 15) is 13.2 Å². The molecule has 152 valence electrons. The number of amides is 1. The largest absolute Gasteiger partial charge is 0.333 e. The molecule has 2 aromatic carbocycles. The van der Waals surface area contributed by atoms with Gasteiger partial charge in [-0.25, -0.2) is 8.42 Å². The van der Waals surface area contributed by atoms with E-state index in [0.29, 0.717) is 23.8 Å². The van der Waals surface area contributed by atoms with Crippen LogP contribution in [0, 0.1) is 0 Å². The number of nitrogens with one attached hydrogen (secondary N) is 1. The molecule has 1 amide bonds. The Kier molecular flexibility index (Phi) is 8.00. The van der Waals surface area contributed by atoms with E-state index < -0.39 is 10.0 Å². The van der Waals surface area contributed by atoms with Crippen LogP contribution in [-0.4, -0.2) is 38.3 Å². The molecule has 0 aliphatic rings. The van der Waals surface area contributed by atoms with Gasteiger partial charge in [-0.05, 0) is 37.3 Å². The van der Waals surface area contributed by atoms with E-state index in [1.54, 1.807) is 26.0 Å². The van der Waals surface area contributed by atoms with E-state index in [1.165, 1.54) is 16.4 Å². The first-order chi connectivity index (χ1) is 13.3. The van der Waals surface area contributed by atoms with Gasteiger partial charge in [0.2, 0.25) is 10.0 Å². The third kappa shape index (κ3) is 5.78. The number of nitrogens with two attached hydrogens (primary N) is 1. The van der Waals surface area contributed by atoms with Crippen LogP contribution in [0.5, 0.6) is 0 Å². The summed E-state index contributed by atoms with van der Waals surface area (Å²) in [5.74, 6) is -0.203. The molecule has 6 nitrogen and oxygen atoms in total. The molecule has 0 aliphatic carbocycles. The molecule has 28 heavy (non-hydrogen) atoms. The van der Waals surface area contributed by atoms with Gasteiger partial charge in [0.25, 0.3) is 5.91 Å². The van der Waals surface area contributed by atoms with Crippen LogP contribution in [0.1, 0.15) is 32.4 Å². The molecular formula is C20H27ClN3O3S+. The summed E-state index contributed by atoms with van der Waals surface area (Å²) in [7, 11) is -3.56. The summed E-state index contributed by atoms with van der Waals surface area (Å²) >= 11 is 6.01. The summed E-state index contributed by atoms with van der Waals surface area (Å²) in [6.07, 6.45) is 0. The van der Waals surface area contributed by atoms with Crippen LogP contribution in [0.25, 0.3) is 0 Å². The number of rotatable bonds is 9. The molecular weight excluding hydrogens is 398 g/mol. The van der Waals surface area contributed by atoms with Crippen molar-refractivity contribution in [2.45, 2.75) is 31.7 Å². The average molecular weight is 425 g/mol. The fourth-order valence-electron chi connectivity index (χ4n) is 2.87. The van der Waals surface area contributed by atoms with Crippen molar-refractivity contribution in [2.75, 3.05) is 25.0 Å². The molecule has 0 unspecified atom stereocenters. The summed E-state index contributed by atoms with van der Waals surface area (Å²) in [5.41, 5.74) is 1.50. The van der Waals surface area contributed by atoms with Crippen molar-refractivity contribution >= 4 is 33.2 Å². The van der Waals surface area contributed by atoms with Crippen molar-refractivity contribution in [2.24, 2.45) is 0 Å². The number of hydrogen-bond acceptors (Lipinski definition) is 3. The lowest BCUT2D eigenvalue weighted by Crippen LogP contribution is -2.86. The SMILES string of the molecule is CCN(CC)S(=O)(=O)c1cccc(NC(=O)C[NH2+][C@@H](C)c2cccc(Cl)c2)c1. The van der Waals surface area contributed by atoms with Crippen LogP contribution >= 0.6 is 11.6 Å². The minimum atomic E-state index is -3.56. The Labute approximate surface area is 171 Å². The number of quaternary nitrogens is 1. The normalized spacial score (nSPS) is 12.8. The Morgan fingerprint density at radius 3 is 2.46 bits per heavy atom. The average Bonchev–Trinajstić information content (AvgIpc) is 2.67. The van der Waals surface area contributed by atoms with Crippen LogP contribution < -0.4 is 10.6 Å². The maximum Gasteiger partial charge on any atom is 0.279 e. The second kappa shape index (κ2) is 10.0. The van der Waals surface area contributed by atoms with Crippen molar-refractivity contribution in [3.8, 4) is 0 Å². The Balaban J connectivity index is 2.01. The van der Waals surface area contributed by atoms with Crippen LogP contribution in [0.15, 0.2) is 53.4 Å². The zero-order chi connectivity index (χ0) is 20.7. The van der Waals surface area contributed by atoms with E-state index >= 15 is 0 Å². The molecule has 2 aromatic rings. The first kappa shape index (κ1) is 22.4. The van der Waals surface area contributed by atoms with Crippen molar-refractivity contribution < 1.29 is 18.5 Å². The van der Waals surface area contributed by atoms with Gasteiger partial charge in [-0.2, -0.15) is 4.31 Å². The first-order valence-electron chi connectivity index (χ1n) is 9.26. The second-order valence-electron chi connectivity index (χ2n) is 6.45. The maximum atomic E-state index is 12.6. The molecule has 0 saturated carbocycles. The highest BCUT2D eigenvalue weighted by molar-refractivity contribution is 7.89. The fraction of sp³-hybridized carbons (Fsp3) is 0.350. The van der Waals surface area contributed by atoms with Gasteiger partial charge in [0.15, 0.2) is 6.54 Å². The van der Waals surface area contributed by atoms with E-state index in [0.717, 1.165) is 5.56 Å². The van der Waals surface area contributed by atoms with Gasteiger partial charge >= 0.3 is 0 Å². The van der Waals surface area contributed by atoms with Gasteiger partial charge in [-0.3, -0.25) is 4.79 Å². The molecule has 3 N–H and O–H groups in total. The fourth-order valence-corrected chi connectivity index (χ4v) is 4.57. The van der Waals surface area contributed by atoms with Crippen molar-refractivity contribution in [3.05, 3.63) is 59.1 Å². The summed E-state index contributed by atoms with van der Waals surface area (Å²) in [4.78, 5) is 12.5. The molecule has 0 bridgehead atoms. The summed E-state index contributed by atoms with van der Waals surface area (Å²) in [6.45, 7) is 6.58. The van der Waals surface area contributed by atoms with Gasteiger partial charge in [-0.1, -0.05) is 43.6 Å². The van der Waals surface area contributed by atoms with E-state index in [4.69, 9.17) is 11.6 Å². The van der Waals surface area contributed by atoms with Crippen LogP contribution in [0.3, 0.4) is 0 Å². The van der Waals surface area contributed by atoms with E-state index in [-0.39, 0.29) is 23.4 Å².